The molecule has 1 aliphatic heterocycles. The van der Waals surface area contributed by atoms with Crippen LogP contribution in [-0.2, 0) is 28.8 Å². The Bertz CT molecular complexity index is 1190. The summed E-state index contributed by atoms with van der Waals surface area (Å²) in [5.41, 5.74) is 1.03. The second-order valence-corrected chi connectivity index (χ2v) is 10.2. The predicted molar refractivity (Wildman–Crippen MR) is 121 cm³/mol. The van der Waals surface area contributed by atoms with Gasteiger partial charge in [0.2, 0.25) is 0 Å². The number of hydrogen-bond donors (Lipinski definition) is 0. The van der Waals surface area contributed by atoms with Crippen molar-refractivity contribution in [1.82, 2.24) is 4.90 Å². The fourth-order valence-electron chi connectivity index (χ4n) is 3.65. The molecule has 0 aliphatic carbocycles. The van der Waals surface area contributed by atoms with Crippen molar-refractivity contribution in [2.24, 2.45) is 0 Å². The summed E-state index contributed by atoms with van der Waals surface area (Å²) in [4.78, 5) is 14.9. The van der Waals surface area contributed by atoms with Gasteiger partial charge in [0.25, 0.3) is 11.8 Å². The number of ether oxygens (including phenoxy) is 2. The van der Waals surface area contributed by atoms with E-state index in [4.69, 9.17) is 9.47 Å². The van der Waals surface area contributed by atoms with Crippen molar-refractivity contribution in [2.75, 3.05) is 12.9 Å². The van der Waals surface area contributed by atoms with Crippen LogP contribution in [0.5, 0.6) is 11.5 Å². The molecule has 3 rings (SSSR count). The minimum Gasteiger partial charge on any atom is -0.493 e. The number of rotatable bonds is 8. The van der Waals surface area contributed by atoms with Crippen LogP contribution in [0.25, 0.3) is 0 Å². The van der Waals surface area contributed by atoms with Crippen LogP contribution in [0.2, 0.25) is 0 Å². The van der Waals surface area contributed by atoms with E-state index in [0.717, 1.165) is 6.26 Å². The van der Waals surface area contributed by atoms with E-state index in [1.807, 2.05) is 0 Å². The zero-order valence-corrected chi connectivity index (χ0v) is 19.8. The predicted octanol–water partition coefficient (Wildman–Crippen LogP) is 4.71. The number of carbonyl (C=O) groups excluding carboxylic acids is 1. The average molecular weight is 480 g/mol. The van der Waals surface area contributed by atoms with Crippen LogP contribution < -0.4 is 9.47 Å². The molecular weight excluding hydrogens is 452 g/mol. The third-order valence-electron chi connectivity index (χ3n) is 5.20. The summed E-state index contributed by atoms with van der Waals surface area (Å²) in [6.45, 7) is 8.96. The van der Waals surface area contributed by atoms with E-state index in [0.29, 0.717) is 17.2 Å². The molecule has 1 aliphatic rings. The summed E-state index contributed by atoms with van der Waals surface area (Å²) in [6.07, 6.45) is 1.37. The van der Waals surface area contributed by atoms with Gasteiger partial charge in [-0.3, -0.25) is 4.79 Å². The number of fused-ring (bicyclic) bond motifs is 1. The van der Waals surface area contributed by atoms with Gasteiger partial charge in [-0.15, -0.1) is 0 Å². The van der Waals surface area contributed by atoms with E-state index in [-0.39, 0.29) is 53.3 Å². The van der Waals surface area contributed by atoms with Crippen LogP contribution in [-0.4, -0.2) is 38.2 Å². The maximum absolute atomic E-state index is 14.4. The molecule has 0 aromatic heterocycles. The molecule has 178 valence electrons. The summed E-state index contributed by atoms with van der Waals surface area (Å²) in [5, 5.41) is 0. The van der Waals surface area contributed by atoms with Gasteiger partial charge >= 0.3 is 0 Å². The van der Waals surface area contributed by atoms with Gasteiger partial charge in [-0.25, -0.2) is 8.42 Å². The SMILES string of the molecule is C=CC(F)(F)c1cc2c(cc1OCC)CN(C(=O)c1cc(S(C)(=O)=O)ccc1OC(C)C)C2. The lowest BCUT2D eigenvalue weighted by molar-refractivity contribution is 0.0490. The standard InChI is InChI=1S/C24H27F2NO5S/c1-6-24(25,26)20-10-16-13-27(14-17(16)11-22(20)31-7-2)23(28)19-12-18(33(5,29)30)8-9-21(19)32-15(3)4/h6,8-12,15H,1,7,13-14H2,2-5H3. The molecule has 0 saturated heterocycles. The van der Waals surface area contributed by atoms with Gasteiger partial charge in [0, 0.05) is 19.3 Å². The summed E-state index contributed by atoms with van der Waals surface area (Å²) < 4.78 is 64.1. The van der Waals surface area contributed by atoms with Crippen LogP contribution in [0.15, 0.2) is 47.9 Å². The number of sulfone groups is 1. The quantitative estimate of drug-likeness (QED) is 0.513. The molecule has 0 bridgehead atoms. The molecule has 2 aromatic rings. The monoisotopic (exact) mass is 479 g/mol. The Balaban J connectivity index is 2.01. The lowest BCUT2D eigenvalue weighted by Gasteiger charge is -2.20. The Morgan fingerprint density at radius 2 is 1.82 bits per heavy atom. The Morgan fingerprint density at radius 1 is 1.18 bits per heavy atom. The normalized spacial score (nSPS) is 13.7. The first-order valence-electron chi connectivity index (χ1n) is 10.5. The largest absolute Gasteiger partial charge is 0.493 e. The van der Waals surface area contributed by atoms with Crippen molar-refractivity contribution >= 4 is 15.7 Å². The van der Waals surface area contributed by atoms with Crippen molar-refractivity contribution in [3.05, 3.63) is 65.2 Å². The van der Waals surface area contributed by atoms with Crippen LogP contribution in [0, 0.1) is 0 Å². The van der Waals surface area contributed by atoms with E-state index in [9.17, 15) is 22.0 Å². The molecule has 33 heavy (non-hydrogen) atoms. The first-order valence-corrected chi connectivity index (χ1v) is 12.4. The maximum Gasteiger partial charge on any atom is 0.294 e. The van der Waals surface area contributed by atoms with Crippen molar-refractivity contribution < 1.29 is 31.5 Å². The first kappa shape index (κ1) is 24.7. The number of alkyl halides is 2. The fourth-order valence-corrected chi connectivity index (χ4v) is 4.30. The summed E-state index contributed by atoms with van der Waals surface area (Å²) in [5.74, 6) is -3.45. The number of nitrogens with zero attached hydrogens (tertiary/aromatic N) is 1. The molecule has 1 amide bonds. The Kier molecular flexibility index (Phi) is 6.83. The van der Waals surface area contributed by atoms with Gasteiger partial charge in [0.05, 0.1) is 28.7 Å². The first-order chi connectivity index (χ1) is 15.4. The van der Waals surface area contributed by atoms with Gasteiger partial charge in [-0.1, -0.05) is 6.58 Å². The third-order valence-corrected chi connectivity index (χ3v) is 6.31. The van der Waals surface area contributed by atoms with Gasteiger partial charge in [0.1, 0.15) is 11.5 Å². The average Bonchev–Trinajstić information content (AvgIpc) is 3.15. The van der Waals surface area contributed by atoms with E-state index in [1.54, 1.807) is 20.8 Å². The summed E-state index contributed by atoms with van der Waals surface area (Å²) in [6, 6.07) is 7.01. The molecule has 1 heterocycles. The van der Waals surface area contributed by atoms with Gasteiger partial charge < -0.3 is 14.4 Å². The summed E-state index contributed by atoms with van der Waals surface area (Å²) in [7, 11) is -3.55. The number of hydrogen-bond acceptors (Lipinski definition) is 5. The second kappa shape index (κ2) is 9.13. The number of carbonyl (C=O) groups is 1. The molecule has 2 aromatic carbocycles. The maximum atomic E-state index is 14.4. The van der Waals surface area contributed by atoms with Crippen LogP contribution in [0.1, 0.15) is 47.8 Å². The highest BCUT2D eigenvalue weighted by Gasteiger charge is 2.35. The molecule has 0 unspecified atom stereocenters. The molecule has 0 radical (unpaired) electrons. The second-order valence-electron chi connectivity index (χ2n) is 8.14. The molecule has 0 spiro atoms. The number of benzene rings is 2. The fraction of sp³-hybridized carbons (Fsp3) is 0.375. The molecule has 9 heteroatoms. The van der Waals surface area contributed by atoms with Crippen LogP contribution >= 0.6 is 0 Å². The van der Waals surface area contributed by atoms with E-state index in [1.165, 1.54) is 35.2 Å². The zero-order chi connectivity index (χ0) is 24.6. The Morgan fingerprint density at radius 3 is 2.36 bits per heavy atom. The molecule has 0 fully saturated rings. The molecular formula is C24H27F2NO5S. The van der Waals surface area contributed by atoms with Crippen LogP contribution in [0.3, 0.4) is 0 Å². The number of amides is 1. The molecule has 0 N–H and O–H groups in total. The highest BCUT2D eigenvalue weighted by atomic mass is 32.2. The number of allylic oxidation sites excluding steroid dienone is 1. The van der Waals surface area contributed by atoms with Crippen LogP contribution in [0.4, 0.5) is 8.78 Å². The Labute approximate surface area is 192 Å². The van der Waals surface area contributed by atoms with Crippen molar-refractivity contribution in [3.63, 3.8) is 0 Å². The number of halogens is 2. The Hall–Kier alpha value is -2.94. The lowest BCUT2D eigenvalue weighted by Crippen LogP contribution is -2.26. The molecule has 0 atom stereocenters. The smallest absolute Gasteiger partial charge is 0.294 e. The van der Waals surface area contributed by atoms with Gasteiger partial charge in [-0.2, -0.15) is 8.78 Å². The van der Waals surface area contributed by atoms with E-state index >= 15 is 0 Å². The zero-order valence-electron chi connectivity index (χ0n) is 19.0. The van der Waals surface area contributed by atoms with Gasteiger partial charge in [-0.05, 0) is 68.3 Å². The molecule has 0 saturated carbocycles. The lowest BCUT2D eigenvalue weighted by atomic mass is 10.0. The van der Waals surface area contributed by atoms with Crippen molar-refractivity contribution in [3.8, 4) is 11.5 Å². The highest BCUT2D eigenvalue weighted by molar-refractivity contribution is 7.90. The van der Waals surface area contributed by atoms with Crippen molar-refractivity contribution in [2.45, 2.75) is 50.8 Å². The third kappa shape index (κ3) is 5.19. The minimum absolute atomic E-state index is 0.00906. The van der Waals surface area contributed by atoms with Crippen molar-refractivity contribution in [1.29, 1.82) is 0 Å². The minimum atomic E-state index is -3.55. The highest BCUT2D eigenvalue weighted by Crippen LogP contribution is 2.40. The summed E-state index contributed by atoms with van der Waals surface area (Å²) >= 11 is 0. The molecule has 6 nitrogen and oxygen atoms in total. The van der Waals surface area contributed by atoms with E-state index in [2.05, 4.69) is 6.58 Å². The topological polar surface area (TPSA) is 72.9 Å². The van der Waals surface area contributed by atoms with E-state index < -0.39 is 21.7 Å². The van der Waals surface area contributed by atoms with Gasteiger partial charge in [0.15, 0.2) is 9.84 Å².